The summed E-state index contributed by atoms with van der Waals surface area (Å²) in [6.45, 7) is 6.06. The van der Waals surface area contributed by atoms with E-state index < -0.39 is 12.1 Å². The van der Waals surface area contributed by atoms with Crippen LogP contribution in [0.5, 0.6) is 0 Å². The van der Waals surface area contributed by atoms with Crippen LogP contribution in [0, 0.1) is 0 Å². The van der Waals surface area contributed by atoms with Crippen molar-refractivity contribution in [2.75, 3.05) is 19.7 Å². The lowest BCUT2D eigenvalue weighted by atomic mass is 10.2. The maximum atomic E-state index is 11.7. The van der Waals surface area contributed by atoms with Crippen molar-refractivity contribution in [3.05, 3.63) is 0 Å². The highest BCUT2D eigenvalue weighted by Crippen LogP contribution is 2.21. The highest BCUT2D eigenvalue weighted by atomic mass is 16.5. The van der Waals surface area contributed by atoms with Crippen molar-refractivity contribution in [2.24, 2.45) is 0 Å². The van der Waals surface area contributed by atoms with Gasteiger partial charge in [-0.3, -0.25) is 14.6 Å². The van der Waals surface area contributed by atoms with Crippen LogP contribution in [-0.2, 0) is 14.3 Å². The van der Waals surface area contributed by atoms with Gasteiger partial charge in [-0.1, -0.05) is 0 Å². The number of carbonyl (C=O) groups is 2. The first-order valence-electron chi connectivity index (χ1n) is 5.90. The van der Waals surface area contributed by atoms with E-state index in [1.165, 1.54) is 11.9 Å². The molecule has 1 saturated heterocycles. The molecule has 98 valence electrons. The van der Waals surface area contributed by atoms with Gasteiger partial charge in [0, 0.05) is 26.4 Å². The Bertz CT molecular complexity index is 295. The molecule has 0 aromatic carbocycles. The Hall–Kier alpha value is -1.14. The molecule has 1 N–H and O–H groups in total. The molecule has 0 aliphatic carbocycles. The Morgan fingerprint density at radius 2 is 2.12 bits per heavy atom. The second-order valence-corrected chi connectivity index (χ2v) is 4.01. The molecule has 0 saturated carbocycles. The molecule has 0 bridgehead atoms. The minimum absolute atomic E-state index is 0.143. The zero-order valence-corrected chi connectivity index (χ0v) is 10.5. The van der Waals surface area contributed by atoms with Crippen molar-refractivity contribution in [1.29, 1.82) is 0 Å². The van der Waals surface area contributed by atoms with Gasteiger partial charge in [0.1, 0.15) is 6.04 Å². The molecule has 6 nitrogen and oxygen atoms in total. The summed E-state index contributed by atoms with van der Waals surface area (Å²) in [5.74, 6) is -0.528. The van der Waals surface area contributed by atoms with Crippen molar-refractivity contribution in [3.63, 3.8) is 0 Å². The van der Waals surface area contributed by atoms with Gasteiger partial charge >= 0.3 is 5.97 Å². The van der Waals surface area contributed by atoms with Crippen molar-refractivity contribution in [1.82, 2.24) is 10.0 Å². The number of carbonyl (C=O) groups excluding carboxylic acids is 2. The third-order valence-corrected chi connectivity index (χ3v) is 2.78. The van der Waals surface area contributed by atoms with Gasteiger partial charge in [-0.15, -0.1) is 0 Å². The molecule has 2 atom stereocenters. The first kappa shape index (κ1) is 13.9. The summed E-state index contributed by atoms with van der Waals surface area (Å²) >= 11 is 0. The lowest BCUT2D eigenvalue weighted by Gasteiger charge is -2.33. The molecule has 0 radical (unpaired) electrons. The van der Waals surface area contributed by atoms with Crippen LogP contribution >= 0.6 is 0 Å². The summed E-state index contributed by atoms with van der Waals surface area (Å²) in [4.78, 5) is 23.2. The SMILES string of the molecule is CCOC(=O)[C@@H]1C[C@@H](O)CN1N(CC)C(C)=O. The van der Waals surface area contributed by atoms with Crippen LogP contribution in [0.15, 0.2) is 0 Å². The number of hydrazine groups is 1. The Morgan fingerprint density at radius 3 is 2.59 bits per heavy atom. The van der Waals surface area contributed by atoms with E-state index >= 15 is 0 Å². The summed E-state index contributed by atoms with van der Waals surface area (Å²) in [6, 6.07) is -0.561. The van der Waals surface area contributed by atoms with Gasteiger partial charge in [-0.2, -0.15) is 0 Å². The van der Waals surface area contributed by atoms with Gasteiger partial charge in [0.05, 0.1) is 12.7 Å². The van der Waals surface area contributed by atoms with E-state index in [9.17, 15) is 14.7 Å². The predicted molar refractivity (Wildman–Crippen MR) is 60.8 cm³/mol. The Labute approximate surface area is 101 Å². The molecule has 1 heterocycles. The van der Waals surface area contributed by atoms with Gasteiger partial charge in [-0.25, -0.2) is 5.01 Å². The summed E-state index contributed by atoms with van der Waals surface area (Å²) in [5, 5.41) is 12.7. The second kappa shape index (κ2) is 5.97. The van der Waals surface area contributed by atoms with E-state index in [-0.39, 0.29) is 18.4 Å². The highest BCUT2D eigenvalue weighted by molar-refractivity contribution is 5.78. The normalized spacial score (nSPS) is 24.7. The Kier molecular flexibility index (Phi) is 4.89. The fourth-order valence-electron chi connectivity index (χ4n) is 2.11. The summed E-state index contributed by atoms with van der Waals surface area (Å²) in [6.07, 6.45) is -0.291. The van der Waals surface area contributed by atoms with Crippen LogP contribution in [0.3, 0.4) is 0 Å². The first-order chi connectivity index (χ1) is 8.01. The number of ether oxygens (including phenoxy) is 1. The minimum Gasteiger partial charge on any atom is -0.465 e. The maximum absolute atomic E-state index is 11.7. The number of nitrogens with zero attached hydrogens (tertiary/aromatic N) is 2. The van der Waals surface area contributed by atoms with Crippen LogP contribution < -0.4 is 0 Å². The van der Waals surface area contributed by atoms with Gasteiger partial charge < -0.3 is 9.84 Å². The van der Waals surface area contributed by atoms with Crippen molar-refractivity contribution in [3.8, 4) is 0 Å². The molecule has 17 heavy (non-hydrogen) atoms. The highest BCUT2D eigenvalue weighted by Gasteiger charge is 2.40. The van der Waals surface area contributed by atoms with E-state index in [2.05, 4.69) is 0 Å². The molecule has 0 aromatic rings. The van der Waals surface area contributed by atoms with E-state index in [1.54, 1.807) is 11.9 Å². The average Bonchev–Trinajstić information content (AvgIpc) is 2.61. The molecule has 1 aliphatic rings. The van der Waals surface area contributed by atoms with E-state index in [4.69, 9.17) is 4.74 Å². The minimum atomic E-state index is -0.599. The monoisotopic (exact) mass is 244 g/mol. The number of hydrogen-bond donors (Lipinski definition) is 1. The molecule has 0 aromatic heterocycles. The molecular weight excluding hydrogens is 224 g/mol. The maximum Gasteiger partial charge on any atom is 0.325 e. The lowest BCUT2D eigenvalue weighted by Crippen LogP contribution is -2.51. The fourth-order valence-corrected chi connectivity index (χ4v) is 2.11. The third-order valence-electron chi connectivity index (χ3n) is 2.78. The third kappa shape index (κ3) is 3.17. The van der Waals surface area contributed by atoms with Crippen LogP contribution in [0.4, 0.5) is 0 Å². The zero-order valence-electron chi connectivity index (χ0n) is 10.5. The van der Waals surface area contributed by atoms with E-state index in [0.717, 1.165) is 0 Å². The Morgan fingerprint density at radius 1 is 1.47 bits per heavy atom. The molecule has 1 rings (SSSR count). The largest absolute Gasteiger partial charge is 0.465 e. The summed E-state index contributed by atoms with van der Waals surface area (Å²) < 4.78 is 4.95. The molecule has 1 fully saturated rings. The van der Waals surface area contributed by atoms with Crippen LogP contribution in [-0.4, -0.2) is 58.8 Å². The van der Waals surface area contributed by atoms with E-state index in [0.29, 0.717) is 19.6 Å². The number of β-amino-alcohol motifs (C(OH)–C–C–N with tert-alkyl or cyclic N) is 1. The number of aliphatic hydroxyl groups excluding tert-OH is 1. The second-order valence-electron chi connectivity index (χ2n) is 4.01. The van der Waals surface area contributed by atoms with E-state index in [1.807, 2.05) is 6.92 Å². The van der Waals surface area contributed by atoms with Gasteiger partial charge in [-0.05, 0) is 13.8 Å². The van der Waals surface area contributed by atoms with Crippen LogP contribution in [0.1, 0.15) is 27.2 Å². The number of hydrogen-bond acceptors (Lipinski definition) is 5. The molecule has 6 heteroatoms. The van der Waals surface area contributed by atoms with Crippen LogP contribution in [0.2, 0.25) is 0 Å². The van der Waals surface area contributed by atoms with Gasteiger partial charge in [0.15, 0.2) is 0 Å². The molecule has 1 aliphatic heterocycles. The van der Waals surface area contributed by atoms with Crippen LogP contribution in [0.25, 0.3) is 0 Å². The molecule has 0 unspecified atom stereocenters. The summed E-state index contributed by atoms with van der Waals surface area (Å²) in [7, 11) is 0. The quantitative estimate of drug-likeness (QED) is 0.692. The van der Waals surface area contributed by atoms with Crippen molar-refractivity contribution in [2.45, 2.75) is 39.3 Å². The van der Waals surface area contributed by atoms with Crippen molar-refractivity contribution >= 4 is 11.9 Å². The standard InChI is InChI=1S/C11H20N2O4/c1-4-12(8(3)14)13-7-9(15)6-10(13)11(16)17-5-2/h9-10,15H,4-7H2,1-3H3/t9-,10+/m1/s1. The number of esters is 1. The summed E-state index contributed by atoms with van der Waals surface area (Å²) in [5.41, 5.74) is 0. The van der Waals surface area contributed by atoms with Crippen molar-refractivity contribution < 1.29 is 19.4 Å². The average molecular weight is 244 g/mol. The molecule has 0 spiro atoms. The molecule has 1 amide bonds. The molecular formula is C11H20N2O4. The lowest BCUT2D eigenvalue weighted by molar-refractivity contribution is -0.162. The predicted octanol–water partition coefficient (Wildman–Crippen LogP) is -0.232. The van der Waals surface area contributed by atoms with Gasteiger partial charge in [0.2, 0.25) is 5.91 Å². The smallest absolute Gasteiger partial charge is 0.325 e. The topological polar surface area (TPSA) is 70.1 Å². The number of amides is 1. The first-order valence-corrected chi connectivity index (χ1v) is 5.90. The Balaban J connectivity index is 2.80. The number of aliphatic hydroxyl groups is 1. The zero-order chi connectivity index (χ0) is 13.0. The number of rotatable bonds is 4. The fraction of sp³-hybridized carbons (Fsp3) is 0.818. The van der Waals surface area contributed by atoms with Gasteiger partial charge in [0.25, 0.3) is 0 Å².